The van der Waals surface area contributed by atoms with Crippen LogP contribution in [0.5, 0.6) is 0 Å². The molecule has 0 aliphatic carbocycles. The topological polar surface area (TPSA) is 139 Å². The molecule has 1 N–H and O–H groups in total. The van der Waals surface area contributed by atoms with Crippen molar-refractivity contribution in [2.45, 2.75) is 45.2 Å². The first-order chi connectivity index (χ1) is 12.9. The molecule has 1 aromatic rings. The van der Waals surface area contributed by atoms with Gasteiger partial charge in [0.2, 0.25) is 0 Å². The highest BCUT2D eigenvalue weighted by Crippen LogP contribution is 2.67. The minimum absolute atomic E-state index is 0.278. The summed E-state index contributed by atoms with van der Waals surface area (Å²) in [5.74, 6) is -1.24. The number of carbonyl (C=O) groups is 2. The molecule has 0 spiro atoms. The summed E-state index contributed by atoms with van der Waals surface area (Å²) in [6.07, 6.45) is 1.12. The lowest BCUT2D eigenvalue weighted by Gasteiger charge is -2.25. The molecule has 154 valence electrons. The first-order valence-electron chi connectivity index (χ1n) is 8.71. The van der Waals surface area contributed by atoms with Gasteiger partial charge < -0.3 is 14.9 Å². The third kappa shape index (κ3) is 3.80. The summed E-state index contributed by atoms with van der Waals surface area (Å²) in [6, 6.07) is 0. The molecule has 2 atom stereocenters. The van der Waals surface area contributed by atoms with Crippen molar-refractivity contribution in [1.82, 2.24) is 24.0 Å². The molecule has 28 heavy (non-hydrogen) atoms. The fourth-order valence-electron chi connectivity index (χ4n) is 2.97. The van der Waals surface area contributed by atoms with Gasteiger partial charge in [0, 0.05) is 24.2 Å². The lowest BCUT2D eigenvalue weighted by molar-refractivity contribution is -0.395. The maximum absolute atomic E-state index is 13.5. The van der Waals surface area contributed by atoms with E-state index in [9.17, 15) is 24.3 Å². The smallest absolute Gasteiger partial charge is 0.441 e. The predicted molar refractivity (Wildman–Crippen MR) is 97.8 cm³/mol. The molecule has 13 heteroatoms. The molecule has 0 saturated carbocycles. The molecule has 0 radical (unpaired) electrons. The first kappa shape index (κ1) is 20.4. The van der Waals surface area contributed by atoms with Gasteiger partial charge in [-0.15, -0.1) is 0 Å². The van der Waals surface area contributed by atoms with Crippen molar-refractivity contribution >= 4 is 25.5 Å². The van der Waals surface area contributed by atoms with E-state index in [4.69, 9.17) is 4.74 Å². The van der Waals surface area contributed by atoms with Crippen molar-refractivity contribution in [2.24, 2.45) is 0 Å². The number of nitro groups is 1. The van der Waals surface area contributed by atoms with Gasteiger partial charge in [0.25, 0.3) is 5.91 Å². The van der Waals surface area contributed by atoms with Gasteiger partial charge in [0.15, 0.2) is 0 Å². The number of rotatable bonds is 7. The summed E-state index contributed by atoms with van der Waals surface area (Å²) >= 11 is 0. The fourth-order valence-corrected chi connectivity index (χ4v) is 6.31. The van der Waals surface area contributed by atoms with Crippen molar-refractivity contribution in [3.8, 4) is 0 Å². The standard InChI is InChI=1S/C15H23N6O6P/c1-14(2)9-19(14)28(26,20-10-15(20,3)4)17-13(23)27-8-5-11(22)18-7-6-16-12(18)21(24)25/h6-7H,5,8-10H2,1-4H3,(H,17,23,26). The molecule has 0 bridgehead atoms. The van der Waals surface area contributed by atoms with E-state index in [1.54, 1.807) is 9.34 Å². The van der Waals surface area contributed by atoms with E-state index in [1.165, 1.54) is 6.20 Å². The third-order valence-corrected chi connectivity index (χ3v) is 7.91. The Kier molecular flexibility index (Phi) is 4.85. The Bertz CT molecular complexity index is 854. The summed E-state index contributed by atoms with van der Waals surface area (Å²) in [5, 5.41) is 13.3. The molecule has 2 saturated heterocycles. The highest BCUT2D eigenvalue weighted by molar-refractivity contribution is 7.58. The van der Waals surface area contributed by atoms with Crippen LogP contribution in [0.3, 0.4) is 0 Å². The Labute approximate surface area is 161 Å². The zero-order chi connectivity index (χ0) is 20.9. The van der Waals surface area contributed by atoms with Gasteiger partial charge in [-0.25, -0.2) is 19.2 Å². The summed E-state index contributed by atoms with van der Waals surface area (Å²) in [4.78, 5) is 37.7. The third-order valence-electron chi connectivity index (χ3n) is 4.76. The van der Waals surface area contributed by atoms with Gasteiger partial charge in [-0.05, 0) is 32.6 Å². The SMILES string of the molecule is CC1(C)CN1P(=O)(NC(=O)OCCC(=O)n1ccnc1[N+](=O)[O-])N1CC1(C)C. The highest BCUT2D eigenvalue weighted by Gasteiger charge is 2.65. The van der Waals surface area contributed by atoms with Crippen LogP contribution < -0.4 is 5.09 Å². The second-order valence-corrected chi connectivity index (χ2v) is 10.3. The largest absolute Gasteiger partial charge is 0.449 e. The molecule has 1 amide bonds. The number of imidazole rings is 1. The monoisotopic (exact) mass is 414 g/mol. The Morgan fingerprint density at radius 3 is 2.29 bits per heavy atom. The van der Waals surface area contributed by atoms with Crippen molar-refractivity contribution in [3.63, 3.8) is 0 Å². The normalized spacial score (nSPS) is 26.0. The minimum atomic E-state index is -3.32. The second-order valence-electron chi connectivity index (χ2n) is 8.03. The molecule has 3 heterocycles. The average Bonchev–Trinajstić information content (AvgIpc) is 3.32. The Morgan fingerprint density at radius 1 is 1.29 bits per heavy atom. The van der Waals surface area contributed by atoms with Crippen LogP contribution >= 0.6 is 7.59 Å². The Morgan fingerprint density at radius 2 is 1.82 bits per heavy atom. The summed E-state index contributed by atoms with van der Waals surface area (Å²) in [6.45, 7) is 8.58. The zero-order valence-corrected chi connectivity index (χ0v) is 17.0. The number of aromatic nitrogens is 2. The van der Waals surface area contributed by atoms with E-state index in [2.05, 4.69) is 10.1 Å². The number of carbonyl (C=O) groups excluding carboxylic acids is 2. The molecule has 0 aromatic carbocycles. The lowest BCUT2D eigenvalue weighted by atomic mass is 10.2. The zero-order valence-electron chi connectivity index (χ0n) is 16.1. The van der Waals surface area contributed by atoms with Crippen LogP contribution in [0.15, 0.2) is 12.4 Å². The van der Waals surface area contributed by atoms with Gasteiger partial charge in [-0.1, -0.05) is 4.98 Å². The van der Waals surface area contributed by atoms with Crippen LogP contribution in [-0.2, 0) is 9.30 Å². The van der Waals surface area contributed by atoms with E-state index in [-0.39, 0.29) is 24.1 Å². The van der Waals surface area contributed by atoms with Gasteiger partial charge in [0.1, 0.15) is 19.0 Å². The lowest BCUT2D eigenvalue weighted by Crippen LogP contribution is -2.32. The quantitative estimate of drug-likeness (QED) is 0.306. The summed E-state index contributed by atoms with van der Waals surface area (Å²) in [7, 11) is -3.32. The van der Waals surface area contributed by atoms with Crippen LogP contribution in [0.1, 0.15) is 38.9 Å². The number of amides is 1. The van der Waals surface area contributed by atoms with Crippen molar-refractivity contribution < 1.29 is 23.8 Å². The van der Waals surface area contributed by atoms with E-state index >= 15 is 0 Å². The van der Waals surface area contributed by atoms with Crippen molar-refractivity contribution in [2.75, 3.05) is 19.7 Å². The van der Waals surface area contributed by atoms with Crippen LogP contribution in [0.2, 0.25) is 0 Å². The van der Waals surface area contributed by atoms with Crippen molar-refractivity contribution in [1.29, 1.82) is 0 Å². The number of nitrogens with one attached hydrogen (secondary N) is 1. The predicted octanol–water partition coefficient (Wildman–Crippen LogP) is 1.84. The van der Waals surface area contributed by atoms with Gasteiger partial charge >= 0.3 is 19.6 Å². The molecule has 2 fully saturated rings. The summed E-state index contributed by atoms with van der Waals surface area (Å²) < 4.78 is 22.7. The minimum Gasteiger partial charge on any atom is -0.449 e. The van der Waals surface area contributed by atoms with Gasteiger partial charge in [-0.3, -0.25) is 9.36 Å². The molecular weight excluding hydrogens is 391 g/mol. The first-order valence-corrected chi connectivity index (χ1v) is 10.3. The number of hydrogen-bond acceptors (Lipinski definition) is 7. The Balaban J connectivity index is 1.56. The Hall–Kier alpha value is -2.30. The maximum Gasteiger partial charge on any atom is 0.441 e. The highest BCUT2D eigenvalue weighted by atomic mass is 31.2. The van der Waals surface area contributed by atoms with E-state index in [0.29, 0.717) is 13.1 Å². The molecule has 2 unspecified atom stereocenters. The second kappa shape index (κ2) is 6.64. The number of hydrogen-bond donors (Lipinski definition) is 1. The molecule has 2 aliphatic rings. The van der Waals surface area contributed by atoms with Crippen LogP contribution in [0, 0.1) is 10.1 Å². The van der Waals surface area contributed by atoms with Crippen LogP contribution in [0.25, 0.3) is 0 Å². The number of nitrogens with zero attached hydrogens (tertiary/aromatic N) is 5. The van der Waals surface area contributed by atoms with Crippen molar-refractivity contribution in [3.05, 3.63) is 22.5 Å². The van der Waals surface area contributed by atoms with Gasteiger partial charge in [0.05, 0.1) is 6.42 Å². The van der Waals surface area contributed by atoms with Gasteiger partial charge in [-0.2, -0.15) is 4.57 Å². The molecule has 12 nitrogen and oxygen atoms in total. The average molecular weight is 414 g/mol. The molecule has 2 aliphatic heterocycles. The van der Waals surface area contributed by atoms with E-state index < -0.39 is 30.5 Å². The fraction of sp³-hybridized carbons (Fsp3) is 0.667. The van der Waals surface area contributed by atoms with E-state index in [0.717, 1.165) is 10.8 Å². The molecule has 3 rings (SSSR count). The summed E-state index contributed by atoms with van der Waals surface area (Å²) in [5.41, 5.74) is -0.560. The van der Waals surface area contributed by atoms with E-state index in [1.807, 2.05) is 27.7 Å². The van der Waals surface area contributed by atoms with Crippen LogP contribution in [-0.4, -0.2) is 66.6 Å². The number of ether oxygens (including phenoxy) is 1. The maximum atomic E-state index is 13.5. The molecular formula is C15H23N6O6P. The van der Waals surface area contributed by atoms with Crippen LogP contribution in [0.4, 0.5) is 10.7 Å². The molecule has 1 aromatic heterocycles.